The lowest BCUT2D eigenvalue weighted by Gasteiger charge is -2.05. The quantitative estimate of drug-likeness (QED) is 0.566. The maximum atomic E-state index is 12.5. The zero-order chi connectivity index (χ0) is 21.9. The van der Waals surface area contributed by atoms with Crippen molar-refractivity contribution in [1.29, 1.82) is 0 Å². The van der Waals surface area contributed by atoms with Gasteiger partial charge in [-0.25, -0.2) is 18.1 Å². The monoisotopic (exact) mass is 453 g/mol. The smallest absolute Gasteiger partial charge is 0.387 e. The van der Waals surface area contributed by atoms with Gasteiger partial charge < -0.3 is 4.74 Å². The third-order valence-electron chi connectivity index (χ3n) is 4.07. The molecule has 0 saturated carbocycles. The Hall–Kier alpha value is -2.89. The Kier molecular flexibility index (Phi) is 6.44. The summed E-state index contributed by atoms with van der Waals surface area (Å²) in [5, 5.41) is 3.03. The predicted molar refractivity (Wildman–Crippen MR) is 110 cm³/mol. The van der Waals surface area contributed by atoms with E-state index in [1.807, 2.05) is 6.92 Å². The second-order valence-electron chi connectivity index (χ2n) is 6.01. The molecule has 0 aliphatic rings. The minimum absolute atomic E-state index is 0.0406. The van der Waals surface area contributed by atoms with E-state index in [1.165, 1.54) is 54.8 Å². The molecule has 0 aliphatic heterocycles. The number of aromatic nitrogens is 1. The zero-order valence-electron chi connectivity index (χ0n) is 15.8. The standard InChI is InChI=1S/C19H17F2N3O4S2/c1-11-16(12-3-7-14(8-4-12)28-18(20)21)23-19(29-11)24-17(25)13-5-9-15(10-6-13)30(26,27)22-2/h3-10,18,22H,1-2H3,(H,23,24,25). The molecule has 2 N–H and O–H groups in total. The van der Waals surface area contributed by atoms with Crippen molar-refractivity contribution in [3.05, 3.63) is 59.0 Å². The van der Waals surface area contributed by atoms with Gasteiger partial charge in [0.15, 0.2) is 5.13 Å². The molecule has 0 atom stereocenters. The van der Waals surface area contributed by atoms with Crippen LogP contribution in [0.1, 0.15) is 15.2 Å². The highest BCUT2D eigenvalue weighted by molar-refractivity contribution is 7.89. The largest absolute Gasteiger partial charge is 0.435 e. The van der Waals surface area contributed by atoms with E-state index in [0.29, 0.717) is 16.4 Å². The molecule has 3 rings (SSSR count). The van der Waals surface area contributed by atoms with E-state index in [4.69, 9.17) is 0 Å². The van der Waals surface area contributed by atoms with Crippen LogP contribution in [0, 0.1) is 6.92 Å². The second-order valence-corrected chi connectivity index (χ2v) is 9.10. The van der Waals surface area contributed by atoms with Crippen molar-refractivity contribution in [3.8, 4) is 17.0 Å². The highest BCUT2D eigenvalue weighted by atomic mass is 32.2. The fraction of sp³-hybridized carbons (Fsp3) is 0.158. The number of hydrogen-bond acceptors (Lipinski definition) is 6. The molecule has 1 heterocycles. The van der Waals surface area contributed by atoms with Crippen LogP contribution in [-0.2, 0) is 10.0 Å². The Morgan fingerprint density at radius 2 is 1.73 bits per heavy atom. The summed E-state index contributed by atoms with van der Waals surface area (Å²) in [6.07, 6.45) is 0. The number of rotatable bonds is 7. The van der Waals surface area contributed by atoms with Crippen LogP contribution < -0.4 is 14.8 Å². The van der Waals surface area contributed by atoms with E-state index in [0.717, 1.165) is 4.88 Å². The summed E-state index contributed by atoms with van der Waals surface area (Å²) in [7, 11) is -2.28. The SMILES string of the molecule is CNS(=O)(=O)c1ccc(C(=O)Nc2nc(-c3ccc(OC(F)F)cc3)c(C)s2)cc1. The summed E-state index contributed by atoms with van der Waals surface area (Å²) in [6.45, 7) is -1.07. The number of thiazole rings is 1. The lowest BCUT2D eigenvalue weighted by molar-refractivity contribution is -0.0498. The highest BCUT2D eigenvalue weighted by Gasteiger charge is 2.16. The molecule has 11 heteroatoms. The summed E-state index contributed by atoms with van der Waals surface area (Å²) < 4.78 is 54.6. The summed E-state index contributed by atoms with van der Waals surface area (Å²) in [5.74, 6) is -0.400. The molecule has 1 aromatic heterocycles. The topological polar surface area (TPSA) is 97.4 Å². The molecule has 0 spiro atoms. The van der Waals surface area contributed by atoms with Crippen molar-refractivity contribution in [2.75, 3.05) is 12.4 Å². The van der Waals surface area contributed by atoms with Gasteiger partial charge in [-0.15, -0.1) is 11.3 Å². The van der Waals surface area contributed by atoms with Crippen LogP contribution in [0.25, 0.3) is 11.3 Å². The van der Waals surface area contributed by atoms with Gasteiger partial charge in [-0.2, -0.15) is 8.78 Å². The molecule has 0 saturated heterocycles. The van der Waals surface area contributed by atoms with Crippen LogP contribution in [0.15, 0.2) is 53.4 Å². The number of nitrogens with one attached hydrogen (secondary N) is 2. The summed E-state index contributed by atoms with van der Waals surface area (Å²) in [5.41, 5.74) is 1.56. The third-order valence-corrected chi connectivity index (χ3v) is 6.38. The predicted octanol–water partition coefficient (Wildman–Crippen LogP) is 3.88. The van der Waals surface area contributed by atoms with Crippen LogP contribution in [0.3, 0.4) is 0 Å². The van der Waals surface area contributed by atoms with Gasteiger partial charge in [0.05, 0.1) is 10.6 Å². The minimum atomic E-state index is -3.58. The van der Waals surface area contributed by atoms with Crippen molar-refractivity contribution in [1.82, 2.24) is 9.71 Å². The molecule has 0 radical (unpaired) electrons. The molecular formula is C19H17F2N3O4S2. The molecule has 0 bridgehead atoms. The third kappa shape index (κ3) is 4.99. The Morgan fingerprint density at radius 3 is 2.30 bits per heavy atom. The molecule has 7 nitrogen and oxygen atoms in total. The highest BCUT2D eigenvalue weighted by Crippen LogP contribution is 2.31. The van der Waals surface area contributed by atoms with Crippen molar-refractivity contribution in [2.24, 2.45) is 0 Å². The fourth-order valence-electron chi connectivity index (χ4n) is 2.58. The molecule has 0 unspecified atom stereocenters. The van der Waals surface area contributed by atoms with E-state index in [1.54, 1.807) is 12.1 Å². The van der Waals surface area contributed by atoms with E-state index in [9.17, 15) is 22.0 Å². The van der Waals surface area contributed by atoms with Gasteiger partial charge in [-0.1, -0.05) is 0 Å². The zero-order valence-corrected chi connectivity index (χ0v) is 17.5. The van der Waals surface area contributed by atoms with Gasteiger partial charge in [0.1, 0.15) is 5.75 Å². The van der Waals surface area contributed by atoms with Crippen LogP contribution in [-0.4, -0.2) is 33.0 Å². The summed E-state index contributed by atoms with van der Waals surface area (Å²) in [4.78, 5) is 17.7. The number of carbonyl (C=O) groups excluding carboxylic acids is 1. The first-order valence-corrected chi connectivity index (χ1v) is 10.9. The van der Waals surface area contributed by atoms with Crippen molar-refractivity contribution >= 4 is 32.4 Å². The molecular weight excluding hydrogens is 436 g/mol. The number of sulfonamides is 1. The minimum Gasteiger partial charge on any atom is -0.435 e. The number of carbonyl (C=O) groups is 1. The van der Waals surface area contributed by atoms with Crippen LogP contribution >= 0.6 is 11.3 Å². The Morgan fingerprint density at radius 1 is 1.10 bits per heavy atom. The average Bonchev–Trinajstić information content (AvgIpc) is 3.08. The first-order chi connectivity index (χ1) is 14.2. The molecule has 2 aromatic carbocycles. The number of anilines is 1. The van der Waals surface area contributed by atoms with Crippen LogP contribution in [0.4, 0.5) is 13.9 Å². The number of alkyl halides is 2. The van der Waals surface area contributed by atoms with E-state index in [2.05, 4.69) is 19.8 Å². The summed E-state index contributed by atoms with van der Waals surface area (Å²) in [6, 6.07) is 11.5. The first kappa shape index (κ1) is 21.8. The molecule has 0 fully saturated rings. The Labute approximate surface area is 175 Å². The number of hydrogen-bond donors (Lipinski definition) is 2. The number of amides is 1. The number of halogens is 2. The number of aryl methyl sites for hydroxylation is 1. The van der Waals surface area contributed by atoms with Crippen molar-refractivity contribution in [3.63, 3.8) is 0 Å². The molecule has 1 amide bonds. The number of benzene rings is 2. The van der Waals surface area contributed by atoms with E-state index >= 15 is 0 Å². The van der Waals surface area contributed by atoms with Crippen LogP contribution in [0.2, 0.25) is 0 Å². The van der Waals surface area contributed by atoms with Gasteiger partial charge in [0, 0.05) is 16.0 Å². The van der Waals surface area contributed by atoms with Gasteiger partial charge >= 0.3 is 6.61 Å². The van der Waals surface area contributed by atoms with E-state index in [-0.39, 0.29) is 16.2 Å². The molecule has 30 heavy (non-hydrogen) atoms. The van der Waals surface area contributed by atoms with Gasteiger partial charge in [0.2, 0.25) is 10.0 Å². The summed E-state index contributed by atoms with van der Waals surface area (Å²) >= 11 is 1.26. The molecule has 158 valence electrons. The van der Waals surface area contributed by atoms with E-state index < -0.39 is 22.5 Å². The molecule has 0 aliphatic carbocycles. The maximum absolute atomic E-state index is 12.5. The number of nitrogens with zero attached hydrogens (tertiary/aromatic N) is 1. The normalized spacial score (nSPS) is 11.5. The van der Waals surface area contributed by atoms with Crippen LogP contribution in [0.5, 0.6) is 5.75 Å². The first-order valence-electron chi connectivity index (χ1n) is 8.57. The Bertz CT molecular complexity index is 1150. The Balaban J connectivity index is 1.74. The van der Waals surface area contributed by atoms with Gasteiger partial charge in [-0.3, -0.25) is 10.1 Å². The van der Waals surface area contributed by atoms with Gasteiger partial charge in [-0.05, 0) is 62.5 Å². The lowest BCUT2D eigenvalue weighted by atomic mass is 10.1. The van der Waals surface area contributed by atoms with Crippen molar-refractivity contribution < 1.29 is 26.7 Å². The maximum Gasteiger partial charge on any atom is 0.387 e. The second kappa shape index (κ2) is 8.86. The molecule has 3 aromatic rings. The fourth-order valence-corrected chi connectivity index (χ4v) is 4.15. The average molecular weight is 453 g/mol. The van der Waals surface area contributed by atoms with Gasteiger partial charge in [0.25, 0.3) is 5.91 Å². The van der Waals surface area contributed by atoms with Crippen molar-refractivity contribution in [2.45, 2.75) is 18.4 Å². The number of ether oxygens (including phenoxy) is 1. The lowest BCUT2D eigenvalue weighted by Crippen LogP contribution is -2.19.